The molecule has 0 aliphatic carbocycles. The van der Waals surface area contributed by atoms with Crippen molar-refractivity contribution >= 4 is 28.9 Å². The molecule has 134 valence electrons. The molecule has 1 atom stereocenters. The van der Waals surface area contributed by atoms with Crippen LogP contribution in [0.2, 0.25) is 10.0 Å². The Morgan fingerprint density at radius 3 is 2.68 bits per heavy atom. The average Bonchev–Trinajstić information content (AvgIpc) is 2.58. The second-order valence-corrected chi connectivity index (χ2v) is 7.05. The van der Waals surface area contributed by atoms with Gasteiger partial charge in [-0.3, -0.25) is 4.79 Å². The topological polar surface area (TPSA) is 50.6 Å². The number of benzene rings is 1. The minimum Gasteiger partial charge on any atom is -0.373 e. The number of likely N-dealkylation sites (N-methyl/N-ethyl adjacent to an activating group) is 1. The van der Waals surface area contributed by atoms with Gasteiger partial charge in [0.15, 0.2) is 0 Å². The number of hydrogen-bond acceptors (Lipinski definition) is 5. The summed E-state index contributed by atoms with van der Waals surface area (Å²) in [5.74, 6) is 0. The molecule has 25 heavy (non-hydrogen) atoms. The van der Waals surface area contributed by atoms with Crippen LogP contribution in [0.15, 0.2) is 35.3 Å². The number of nitrogens with zero attached hydrogens (tertiary/aromatic N) is 4. The highest BCUT2D eigenvalue weighted by atomic mass is 35.5. The molecule has 1 aromatic carbocycles. The van der Waals surface area contributed by atoms with Crippen LogP contribution in [-0.2, 0) is 4.74 Å². The summed E-state index contributed by atoms with van der Waals surface area (Å²) in [7, 11) is 4.01. The van der Waals surface area contributed by atoms with Crippen LogP contribution in [0, 0.1) is 0 Å². The van der Waals surface area contributed by atoms with Gasteiger partial charge in [-0.2, -0.15) is 9.78 Å². The average molecular weight is 383 g/mol. The molecule has 1 aliphatic rings. The molecule has 2 heterocycles. The Bertz CT molecular complexity index is 792. The normalized spacial score (nSPS) is 18.0. The molecule has 1 unspecified atom stereocenters. The number of rotatable bonds is 4. The van der Waals surface area contributed by atoms with Crippen molar-refractivity contribution in [1.82, 2.24) is 14.7 Å². The molecule has 1 fully saturated rings. The molecule has 0 radical (unpaired) electrons. The molecule has 0 amide bonds. The van der Waals surface area contributed by atoms with E-state index in [4.69, 9.17) is 27.9 Å². The maximum Gasteiger partial charge on any atom is 0.292 e. The molecule has 8 heteroatoms. The van der Waals surface area contributed by atoms with Gasteiger partial charge in [0.1, 0.15) is 5.02 Å². The first-order valence-electron chi connectivity index (χ1n) is 8.01. The van der Waals surface area contributed by atoms with Gasteiger partial charge in [0, 0.05) is 24.7 Å². The predicted octanol–water partition coefficient (Wildman–Crippen LogP) is 2.31. The maximum atomic E-state index is 12.6. The Morgan fingerprint density at radius 2 is 2.00 bits per heavy atom. The monoisotopic (exact) mass is 382 g/mol. The number of aromatic nitrogens is 2. The van der Waals surface area contributed by atoms with Gasteiger partial charge in [-0.1, -0.05) is 23.2 Å². The SMILES string of the molecule is CN(C)CC1CN(c2cnn(-c3ccc(Cl)cc3)c(=O)c2Cl)CCO1. The Hall–Kier alpha value is -1.60. The van der Waals surface area contributed by atoms with Gasteiger partial charge >= 0.3 is 0 Å². The number of anilines is 1. The Kier molecular flexibility index (Phi) is 5.64. The highest BCUT2D eigenvalue weighted by Crippen LogP contribution is 2.24. The fourth-order valence-electron chi connectivity index (χ4n) is 2.87. The van der Waals surface area contributed by atoms with E-state index >= 15 is 0 Å². The van der Waals surface area contributed by atoms with Crippen molar-refractivity contribution < 1.29 is 4.74 Å². The fraction of sp³-hybridized carbons (Fsp3) is 0.412. The zero-order chi connectivity index (χ0) is 18.0. The quantitative estimate of drug-likeness (QED) is 0.811. The summed E-state index contributed by atoms with van der Waals surface area (Å²) in [6, 6.07) is 6.88. The highest BCUT2D eigenvalue weighted by Gasteiger charge is 2.24. The van der Waals surface area contributed by atoms with Crippen LogP contribution in [0.3, 0.4) is 0 Å². The third-order valence-corrected chi connectivity index (χ3v) is 4.63. The number of halogens is 2. The fourth-order valence-corrected chi connectivity index (χ4v) is 3.24. The molecule has 0 saturated carbocycles. The number of hydrogen-bond donors (Lipinski definition) is 0. The van der Waals surface area contributed by atoms with Crippen LogP contribution >= 0.6 is 23.2 Å². The minimum atomic E-state index is -0.350. The summed E-state index contributed by atoms with van der Waals surface area (Å²) >= 11 is 12.3. The van der Waals surface area contributed by atoms with E-state index in [0.29, 0.717) is 36.1 Å². The molecule has 2 aromatic rings. The molecule has 1 saturated heterocycles. The molecule has 3 rings (SSSR count). The van der Waals surface area contributed by atoms with Gasteiger partial charge in [0.25, 0.3) is 5.56 Å². The molecule has 0 bridgehead atoms. The van der Waals surface area contributed by atoms with E-state index in [-0.39, 0.29) is 16.7 Å². The second kappa shape index (κ2) is 7.74. The van der Waals surface area contributed by atoms with Crippen molar-refractivity contribution in [2.24, 2.45) is 0 Å². The summed E-state index contributed by atoms with van der Waals surface area (Å²) in [6.45, 7) is 2.75. The number of morpholine rings is 1. The lowest BCUT2D eigenvalue weighted by atomic mass is 10.2. The zero-order valence-electron chi connectivity index (χ0n) is 14.2. The second-order valence-electron chi connectivity index (χ2n) is 6.24. The van der Waals surface area contributed by atoms with E-state index in [2.05, 4.69) is 14.9 Å². The van der Waals surface area contributed by atoms with Crippen LogP contribution < -0.4 is 10.5 Å². The molecular formula is C17H20Cl2N4O2. The van der Waals surface area contributed by atoms with Crippen LogP contribution in [0.5, 0.6) is 0 Å². The van der Waals surface area contributed by atoms with Crippen LogP contribution in [0.1, 0.15) is 0 Å². The molecule has 0 N–H and O–H groups in total. The van der Waals surface area contributed by atoms with Crippen molar-refractivity contribution in [2.75, 3.05) is 45.2 Å². The molecule has 1 aromatic heterocycles. The van der Waals surface area contributed by atoms with E-state index < -0.39 is 0 Å². The van der Waals surface area contributed by atoms with Crippen molar-refractivity contribution in [2.45, 2.75) is 6.10 Å². The Labute approximate surface area is 156 Å². The van der Waals surface area contributed by atoms with Crippen molar-refractivity contribution in [3.63, 3.8) is 0 Å². The van der Waals surface area contributed by atoms with E-state index in [9.17, 15) is 4.79 Å². The third kappa shape index (κ3) is 4.15. The zero-order valence-corrected chi connectivity index (χ0v) is 15.7. The lowest BCUT2D eigenvalue weighted by Crippen LogP contribution is -2.47. The van der Waals surface area contributed by atoms with Gasteiger partial charge in [0.2, 0.25) is 0 Å². The lowest BCUT2D eigenvalue weighted by molar-refractivity contribution is 0.0247. The first kappa shape index (κ1) is 18.2. The largest absolute Gasteiger partial charge is 0.373 e. The van der Waals surface area contributed by atoms with E-state index in [0.717, 1.165) is 6.54 Å². The van der Waals surface area contributed by atoms with Crippen LogP contribution in [0.25, 0.3) is 5.69 Å². The van der Waals surface area contributed by atoms with Gasteiger partial charge in [-0.05, 0) is 38.4 Å². The standard InChI is InChI=1S/C17H20Cl2N4O2/c1-21(2)10-14-11-22(7-8-25-14)15-9-20-23(17(24)16(15)19)13-5-3-12(18)4-6-13/h3-6,9,14H,7-8,10-11H2,1-2H3. The van der Waals surface area contributed by atoms with E-state index in [1.165, 1.54) is 4.68 Å². The first-order chi connectivity index (χ1) is 12.0. The van der Waals surface area contributed by atoms with Crippen LogP contribution in [-0.4, -0.2) is 61.1 Å². The first-order valence-corrected chi connectivity index (χ1v) is 8.76. The van der Waals surface area contributed by atoms with E-state index in [1.807, 2.05) is 14.1 Å². The van der Waals surface area contributed by atoms with Crippen molar-refractivity contribution in [1.29, 1.82) is 0 Å². The molecule has 6 nitrogen and oxygen atoms in total. The lowest BCUT2D eigenvalue weighted by Gasteiger charge is -2.35. The smallest absolute Gasteiger partial charge is 0.292 e. The number of ether oxygens (including phenoxy) is 1. The molecule has 1 aliphatic heterocycles. The summed E-state index contributed by atoms with van der Waals surface area (Å²) < 4.78 is 7.05. The van der Waals surface area contributed by atoms with Crippen LogP contribution in [0.4, 0.5) is 5.69 Å². The van der Waals surface area contributed by atoms with Gasteiger partial charge < -0.3 is 14.5 Å². The summed E-state index contributed by atoms with van der Waals surface area (Å²) in [5.41, 5.74) is 0.913. The highest BCUT2D eigenvalue weighted by molar-refractivity contribution is 6.33. The minimum absolute atomic E-state index is 0.0681. The summed E-state index contributed by atoms with van der Waals surface area (Å²) in [4.78, 5) is 16.8. The predicted molar refractivity (Wildman–Crippen MR) is 100 cm³/mol. The van der Waals surface area contributed by atoms with E-state index in [1.54, 1.807) is 30.5 Å². The summed E-state index contributed by atoms with van der Waals surface area (Å²) in [6.07, 6.45) is 1.70. The summed E-state index contributed by atoms with van der Waals surface area (Å²) in [5, 5.41) is 5.04. The maximum absolute atomic E-state index is 12.6. The molecular weight excluding hydrogens is 363 g/mol. The van der Waals surface area contributed by atoms with Gasteiger partial charge in [-0.25, -0.2) is 0 Å². The van der Waals surface area contributed by atoms with Gasteiger partial charge in [0.05, 0.1) is 30.3 Å². The van der Waals surface area contributed by atoms with Crippen molar-refractivity contribution in [3.05, 3.63) is 50.9 Å². The van der Waals surface area contributed by atoms with Crippen molar-refractivity contribution in [3.8, 4) is 5.69 Å². The molecule has 0 spiro atoms. The third-order valence-electron chi connectivity index (χ3n) is 4.02. The Morgan fingerprint density at radius 1 is 1.28 bits per heavy atom. The van der Waals surface area contributed by atoms with Gasteiger partial charge in [-0.15, -0.1) is 0 Å². The Balaban J connectivity index is 1.87.